The number of nitrogens with zero attached hydrogens (tertiary/aromatic N) is 1. The molecule has 1 aromatic rings. The van der Waals surface area contributed by atoms with E-state index in [9.17, 15) is 4.79 Å². The van der Waals surface area contributed by atoms with Gasteiger partial charge in [-0.2, -0.15) is 0 Å². The molecule has 1 unspecified atom stereocenters. The predicted molar refractivity (Wildman–Crippen MR) is 66.7 cm³/mol. The van der Waals surface area contributed by atoms with Crippen LogP contribution in [0.5, 0.6) is 0 Å². The fraction of sp³-hybridized carbons (Fsp3) is 0.583. The van der Waals surface area contributed by atoms with Crippen molar-refractivity contribution in [3.8, 4) is 0 Å². The van der Waals surface area contributed by atoms with Crippen molar-refractivity contribution < 1.29 is 9.53 Å². The lowest BCUT2D eigenvalue weighted by molar-refractivity contribution is -0.136. The molecule has 0 spiro atoms. The van der Waals surface area contributed by atoms with E-state index in [1.165, 1.54) is 9.75 Å². The average Bonchev–Trinajstić information content (AvgIpc) is 2.70. The van der Waals surface area contributed by atoms with Gasteiger partial charge in [-0.15, -0.1) is 11.3 Å². The van der Waals surface area contributed by atoms with Gasteiger partial charge in [-0.1, -0.05) is 0 Å². The Labute approximate surface area is 101 Å². The van der Waals surface area contributed by atoms with E-state index in [2.05, 4.69) is 19.1 Å². The maximum Gasteiger partial charge on any atom is 0.248 e. The van der Waals surface area contributed by atoms with E-state index in [0.717, 1.165) is 0 Å². The topological polar surface area (TPSA) is 29.5 Å². The number of hydrogen-bond acceptors (Lipinski definition) is 3. The summed E-state index contributed by atoms with van der Waals surface area (Å²) in [4.78, 5) is 15.9. The van der Waals surface area contributed by atoms with Crippen molar-refractivity contribution in [1.82, 2.24) is 4.90 Å². The second-order valence-corrected chi connectivity index (χ2v) is 5.09. The summed E-state index contributed by atoms with van der Waals surface area (Å²) in [5, 5.41) is 0. The molecule has 0 aliphatic heterocycles. The largest absolute Gasteiger partial charge is 0.372 e. The monoisotopic (exact) mass is 241 g/mol. The number of carbonyl (C=O) groups is 1. The molecule has 1 rings (SSSR count). The highest BCUT2D eigenvalue weighted by molar-refractivity contribution is 7.12. The fourth-order valence-corrected chi connectivity index (χ4v) is 2.35. The zero-order valence-corrected chi connectivity index (χ0v) is 11.1. The van der Waals surface area contributed by atoms with Crippen molar-refractivity contribution in [2.45, 2.75) is 26.8 Å². The van der Waals surface area contributed by atoms with E-state index in [1.54, 1.807) is 16.2 Å². The van der Waals surface area contributed by atoms with E-state index in [4.69, 9.17) is 4.74 Å². The zero-order chi connectivity index (χ0) is 12.1. The Hall–Kier alpha value is -0.870. The van der Waals surface area contributed by atoms with Crippen LogP contribution in [0.25, 0.3) is 0 Å². The minimum absolute atomic E-state index is 0.0282. The third kappa shape index (κ3) is 3.32. The number of likely N-dealkylation sites (N-methyl/N-ethyl adjacent to an activating group) is 1. The molecular formula is C12H19NO2S. The number of aryl methyl sites for hydroxylation is 1. The number of carbonyl (C=O) groups excluding carboxylic acids is 1. The quantitative estimate of drug-likeness (QED) is 0.793. The molecule has 0 N–H and O–H groups in total. The molecule has 0 fully saturated rings. The van der Waals surface area contributed by atoms with Crippen LogP contribution in [0.3, 0.4) is 0 Å². The molecule has 3 nitrogen and oxygen atoms in total. The van der Waals surface area contributed by atoms with Crippen LogP contribution in [0.2, 0.25) is 0 Å². The number of thiophene rings is 1. The van der Waals surface area contributed by atoms with Gasteiger partial charge in [-0.25, -0.2) is 0 Å². The summed E-state index contributed by atoms with van der Waals surface area (Å²) >= 11 is 1.73. The summed E-state index contributed by atoms with van der Waals surface area (Å²) < 4.78 is 5.12. The molecule has 0 bridgehead atoms. The second-order valence-electron chi connectivity index (χ2n) is 3.77. The smallest absolute Gasteiger partial charge is 0.248 e. The molecule has 0 aliphatic rings. The maximum atomic E-state index is 11.7. The Balaban J connectivity index is 2.59. The van der Waals surface area contributed by atoms with Crippen molar-refractivity contribution in [3.63, 3.8) is 0 Å². The Bertz CT molecular complexity index is 349. The molecule has 1 heterocycles. The van der Waals surface area contributed by atoms with Crippen molar-refractivity contribution >= 4 is 17.2 Å². The van der Waals surface area contributed by atoms with Crippen LogP contribution >= 0.6 is 11.3 Å². The maximum absolute atomic E-state index is 11.7. The average molecular weight is 241 g/mol. The van der Waals surface area contributed by atoms with Crippen LogP contribution in [-0.4, -0.2) is 31.1 Å². The number of ether oxygens (including phenoxy) is 1. The Morgan fingerprint density at radius 1 is 1.56 bits per heavy atom. The summed E-state index contributed by atoms with van der Waals surface area (Å²) in [6, 6.07) is 4.28. The van der Waals surface area contributed by atoms with Gasteiger partial charge in [-0.3, -0.25) is 4.79 Å². The Morgan fingerprint density at radius 2 is 2.25 bits per heavy atom. The van der Waals surface area contributed by atoms with E-state index < -0.39 is 0 Å². The molecule has 0 saturated carbocycles. The molecule has 1 aromatic heterocycles. The zero-order valence-electron chi connectivity index (χ0n) is 10.3. The van der Waals surface area contributed by atoms with Crippen LogP contribution in [0, 0.1) is 6.92 Å². The van der Waals surface area contributed by atoms with Crippen LogP contribution in [0.15, 0.2) is 12.1 Å². The highest BCUT2D eigenvalue weighted by Crippen LogP contribution is 2.26. The lowest BCUT2D eigenvalue weighted by atomic mass is 10.2. The first kappa shape index (κ1) is 13.2. The standard InChI is InChI=1S/C12H19NO2S/c1-5-15-8-12(14)13(4)10(3)11-7-6-9(2)16-11/h6-7,10H,5,8H2,1-4H3. The number of hydrogen-bond donors (Lipinski definition) is 0. The van der Waals surface area contributed by atoms with E-state index in [1.807, 2.05) is 20.9 Å². The highest BCUT2D eigenvalue weighted by atomic mass is 32.1. The second kappa shape index (κ2) is 6.01. The van der Waals surface area contributed by atoms with E-state index in [0.29, 0.717) is 6.61 Å². The lowest BCUT2D eigenvalue weighted by Gasteiger charge is -2.23. The van der Waals surface area contributed by atoms with E-state index in [-0.39, 0.29) is 18.6 Å². The molecule has 1 atom stereocenters. The molecular weight excluding hydrogens is 222 g/mol. The van der Waals surface area contributed by atoms with Gasteiger partial charge < -0.3 is 9.64 Å². The molecule has 0 aromatic carbocycles. The number of amides is 1. The lowest BCUT2D eigenvalue weighted by Crippen LogP contribution is -2.32. The third-order valence-electron chi connectivity index (χ3n) is 2.58. The summed E-state index contributed by atoms with van der Waals surface area (Å²) in [5.41, 5.74) is 0. The van der Waals surface area contributed by atoms with Crippen LogP contribution < -0.4 is 0 Å². The normalized spacial score (nSPS) is 12.5. The van der Waals surface area contributed by atoms with Crippen LogP contribution in [0.1, 0.15) is 29.6 Å². The molecule has 0 aliphatic carbocycles. The van der Waals surface area contributed by atoms with Gasteiger partial charge >= 0.3 is 0 Å². The van der Waals surface area contributed by atoms with Crippen LogP contribution in [0.4, 0.5) is 0 Å². The van der Waals surface area contributed by atoms with Gasteiger partial charge in [0.05, 0.1) is 6.04 Å². The van der Waals surface area contributed by atoms with Crippen molar-refractivity contribution in [2.24, 2.45) is 0 Å². The Kier molecular flexibility index (Phi) is 4.96. The van der Waals surface area contributed by atoms with Gasteiger partial charge in [0.2, 0.25) is 5.91 Å². The minimum Gasteiger partial charge on any atom is -0.372 e. The minimum atomic E-state index is 0.0282. The third-order valence-corrected chi connectivity index (χ3v) is 3.75. The van der Waals surface area contributed by atoms with Gasteiger partial charge in [0.1, 0.15) is 6.61 Å². The fourth-order valence-electron chi connectivity index (χ4n) is 1.38. The van der Waals surface area contributed by atoms with Crippen molar-refractivity contribution in [2.75, 3.05) is 20.3 Å². The van der Waals surface area contributed by atoms with Gasteiger partial charge in [0.25, 0.3) is 0 Å². The molecule has 90 valence electrons. The first-order valence-corrected chi connectivity index (χ1v) is 6.27. The Morgan fingerprint density at radius 3 is 2.75 bits per heavy atom. The predicted octanol–water partition coefficient (Wildman–Crippen LogP) is 2.61. The van der Waals surface area contributed by atoms with E-state index >= 15 is 0 Å². The summed E-state index contributed by atoms with van der Waals surface area (Å²) in [6.45, 7) is 6.74. The summed E-state index contributed by atoms with van der Waals surface area (Å²) in [5.74, 6) is 0.0282. The first-order valence-electron chi connectivity index (χ1n) is 5.46. The number of rotatable bonds is 5. The molecule has 4 heteroatoms. The highest BCUT2D eigenvalue weighted by Gasteiger charge is 2.18. The SMILES string of the molecule is CCOCC(=O)N(C)C(C)c1ccc(C)s1. The summed E-state index contributed by atoms with van der Waals surface area (Å²) in [6.07, 6.45) is 0. The van der Waals surface area contributed by atoms with Crippen molar-refractivity contribution in [1.29, 1.82) is 0 Å². The summed E-state index contributed by atoms with van der Waals surface area (Å²) in [7, 11) is 1.82. The first-order chi connectivity index (χ1) is 7.56. The molecule has 0 radical (unpaired) electrons. The van der Waals surface area contributed by atoms with Gasteiger partial charge in [0, 0.05) is 23.4 Å². The van der Waals surface area contributed by atoms with Crippen molar-refractivity contribution in [3.05, 3.63) is 21.9 Å². The van der Waals surface area contributed by atoms with Crippen LogP contribution in [-0.2, 0) is 9.53 Å². The molecule has 16 heavy (non-hydrogen) atoms. The molecule has 0 saturated heterocycles. The van der Waals surface area contributed by atoms with Gasteiger partial charge in [0.15, 0.2) is 0 Å². The molecule has 1 amide bonds. The van der Waals surface area contributed by atoms with Gasteiger partial charge in [-0.05, 0) is 32.9 Å².